The van der Waals surface area contributed by atoms with Crippen molar-refractivity contribution in [2.75, 3.05) is 50.6 Å². The topological polar surface area (TPSA) is 88.9 Å². The summed E-state index contributed by atoms with van der Waals surface area (Å²) in [5.41, 5.74) is 4.51. The number of piperazine rings is 1. The Morgan fingerprint density at radius 1 is 0.943 bits per heavy atom. The lowest BCUT2D eigenvalue weighted by atomic mass is 9.97. The number of nitrogens with zero attached hydrogens (tertiary/aromatic N) is 4. The number of hydrogen-bond acceptors (Lipinski definition) is 7. The zero-order valence-corrected chi connectivity index (χ0v) is 20.2. The minimum Gasteiger partial charge on any atom is -0.493 e. The molecule has 3 aromatic rings. The Morgan fingerprint density at radius 2 is 1.63 bits per heavy atom. The smallest absolute Gasteiger partial charge is 0.350 e. The maximum absolute atomic E-state index is 12.8. The third kappa shape index (κ3) is 4.41. The minimum absolute atomic E-state index is 0.123. The largest absolute Gasteiger partial charge is 0.493 e. The van der Waals surface area contributed by atoms with Gasteiger partial charge in [-0.15, -0.1) is 0 Å². The molecular formula is C26H29N5O4. The van der Waals surface area contributed by atoms with Crippen LogP contribution in [0.1, 0.15) is 12.5 Å². The van der Waals surface area contributed by atoms with E-state index in [0.717, 1.165) is 60.8 Å². The molecule has 9 nitrogen and oxygen atoms in total. The average molecular weight is 476 g/mol. The molecule has 2 aliphatic rings. The van der Waals surface area contributed by atoms with Gasteiger partial charge in [0.1, 0.15) is 5.82 Å². The van der Waals surface area contributed by atoms with E-state index in [4.69, 9.17) is 9.47 Å². The van der Waals surface area contributed by atoms with E-state index in [-0.39, 0.29) is 11.6 Å². The number of aryl methyl sites for hydroxylation is 1. The highest BCUT2D eigenvalue weighted by Gasteiger charge is 2.22. The predicted octanol–water partition coefficient (Wildman–Crippen LogP) is 2.90. The Balaban J connectivity index is 1.38. The first-order valence-electron chi connectivity index (χ1n) is 11.7. The Kier molecular flexibility index (Phi) is 6.07. The lowest BCUT2D eigenvalue weighted by Crippen LogP contribution is -2.48. The number of carbonyl (C=O) groups excluding carboxylic acids is 1. The lowest BCUT2D eigenvalue weighted by molar-refractivity contribution is -0.129. The number of nitrogens with one attached hydrogen (secondary N) is 1. The van der Waals surface area contributed by atoms with Crippen LogP contribution in [0.3, 0.4) is 0 Å². The number of aromatic nitrogens is 2. The van der Waals surface area contributed by atoms with E-state index < -0.39 is 0 Å². The standard InChI is InChI=1S/C26H29N5O4/c1-17(32)29-10-12-30(13-11-29)20-6-4-19(5-7-20)27-25-16-22-21-15-24(35-3)23(34-2)14-18(21)8-9-31(22)26(33)28-25/h4-7,14-16H,8-13H2,1-3H3,(H,27,28,33). The second-order valence-corrected chi connectivity index (χ2v) is 8.74. The number of amides is 1. The fourth-order valence-electron chi connectivity index (χ4n) is 4.79. The Labute approximate surface area is 203 Å². The van der Waals surface area contributed by atoms with Crippen LogP contribution in [0.15, 0.2) is 47.3 Å². The molecule has 2 aromatic carbocycles. The SMILES string of the molecule is COc1cc2c(cc1OC)-c1cc(Nc3ccc(N4CCN(C(C)=O)CC4)cc3)nc(=O)n1CC2. The molecule has 0 spiro atoms. The van der Waals surface area contributed by atoms with Gasteiger partial charge in [0, 0.05) is 62.7 Å². The van der Waals surface area contributed by atoms with Crippen LogP contribution in [0.25, 0.3) is 11.3 Å². The summed E-state index contributed by atoms with van der Waals surface area (Å²) in [6.45, 7) is 5.26. The van der Waals surface area contributed by atoms with Gasteiger partial charge in [0.15, 0.2) is 11.5 Å². The van der Waals surface area contributed by atoms with E-state index in [1.165, 1.54) is 0 Å². The molecule has 5 rings (SSSR count). The molecule has 1 N–H and O–H groups in total. The van der Waals surface area contributed by atoms with Gasteiger partial charge in [-0.2, -0.15) is 4.98 Å². The maximum Gasteiger partial charge on any atom is 0.350 e. The monoisotopic (exact) mass is 475 g/mol. The number of anilines is 3. The Bertz CT molecular complexity index is 1310. The van der Waals surface area contributed by atoms with Crippen LogP contribution in [0.5, 0.6) is 11.5 Å². The normalized spacial score (nSPS) is 14.7. The van der Waals surface area contributed by atoms with E-state index >= 15 is 0 Å². The molecular weight excluding hydrogens is 446 g/mol. The van der Waals surface area contributed by atoms with Crippen LogP contribution in [-0.4, -0.2) is 60.8 Å². The van der Waals surface area contributed by atoms with E-state index in [0.29, 0.717) is 23.9 Å². The van der Waals surface area contributed by atoms with Crippen molar-refractivity contribution in [3.05, 3.63) is 58.5 Å². The number of fused-ring (bicyclic) bond motifs is 3. The lowest BCUT2D eigenvalue weighted by Gasteiger charge is -2.35. The molecule has 0 unspecified atom stereocenters. The molecule has 35 heavy (non-hydrogen) atoms. The predicted molar refractivity (Wildman–Crippen MR) is 135 cm³/mol. The molecule has 0 atom stereocenters. The number of hydrogen-bond donors (Lipinski definition) is 1. The molecule has 0 radical (unpaired) electrons. The molecule has 0 bridgehead atoms. The summed E-state index contributed by atoms with van der Waals surface area (Å²) in [5.74, 6) is 1.92. The first kappa shape index (κ1) is 22.8. The van der Waals surface area contributed by atoms with Crippen molar-refractivity contribution < 1.29 is 14.3 Å². The molecule has 2 aliphatic heterocycles. The van der Waals surface area contributed by atoms with Crippen molar-refractivity contribution in [2.24, 2.45) is 0 Å². The molecule has 9 heteroatoms. The van der Waals surface area contributed by atoms with Crippen molar-refractivity contribution in [3.8, 4) is 22.8 Å². The third-order valence-corrected chi connectivity index (χ3v) is 6.73. The van der Waals surface area contributed by atoms with Gasteiger partial charge in [-0.1, -0.05) is 0 Å². The van der Waals surface area contributed by atoms with Crippen molar-refractivity contribution in [1.29, 1.82) is 0 Å². The van der Waals surface area contributed by atoms with Crippen LogP contribution in [-0.2, 0) is 17.8 Å². The van der Waals surface area contributed by atoms with E-state index in [9.17, 15) is 9.59 Å². The second-order valence-electron chi connectivity index (χ2n) is 8.74. The first-order valence-corrected chi connectivity index (χ1v) is 11.7. The molecule has 1 amide bonds. The summed E-state index contributed by atoms with van der Waals surface area (Å²) in [5, 5.41) is 3.28. The molecule has 3 heterocycles. The minimum atomic E-state index is -0.287. The number of ether oxygens (including phenoxy) is 2. The maximum atomic E-state index is 12.8. The fourth-order valence-corrected chi connectivity index (χ4v) is 4.79. The van der Waals surface area contributed by atoms with Crippen LogP contribution in [0.2, 0.25) is 0 Å². The zero-order chi connectivity index (χ0) is 24.5. The fraction of sp³-hybridized carbons (Fsp3) is 0.346. The van der Waals surface area contributed by atoms with E-state index in [1.54, 1.807) is 25.7 Å². The van der Waals surface area contributed by atoms with Gasteiger partial charge in [0.25, 0.3) is 0 Å². The van der Waals surface area contributed by atoms with Gasteiger partial charge in [-0.25, -0.2) is 4.79 Å². The number of carbonyl (C=O) groups is 1. The number of benzene rings is 2. The summed E-state index contributed by atoms with van der Waals surface area (Å²) in [6, 6.07) is 13.8. The van der Waals surface area contributed by atoms with Gasteiger partial charge < -0.3 is 24.6 Å². The summed E-state index contributed by atoms with van der Waals surface area (Å²) in [7, 11) is 3.22. The van der Waals surface area contributed by atoms with Gasteiger partial charge >= 0.3 is 5.69 Å². The van der Waals surface area contributed by atoms with Gasteiger partial charge in [-0.3, -0.25) is 9.36 Å². The average Bonchev–Trinajstić information content (AvgIpc) is 2.88. The summed E-state index contributed by atoms with van der Waals surface area (Å²) < 4.78 is 12.6. The second kappa shape index (κ2) is 9.32. The first-order chi connectivity index (χ1) is 17.0. The third-order valence-electron chi connectivity index (χ3n) is 6.73. The summed E-state index contributed by atoms with van der Waals surface area (Å²) in [4.78, 5) is 32.8. The van der Waals surface area contributed by atoms with Gasteiger partial charge in [-0.05, 0) is 48.4 Å². The molecule has 1 saturated heterocycles. The number of methoxy groups -OCH3 is 2. The van der Waals surface area contributed by atoms with Gasteiger partial charge in [0.05, 0.1) is 19.9 Å². The Hall–Kier alpha value is -4.01. The molecule has 0 aliphatic carbocycles. The molecule has 1 fully saturated rings. The molecule has 1 aromatic heterocycles. The summed E-state index contributed by atoms with van der Waals surface area (Å²) in [6.07, 6.45) is 0.721. The molecule has 0 saturated carbocycles. The van der Waals surface area contributed by atoms with E-state index in [2.05, 4.69) is 15.2 Å². The van der Waals surface area contributed by atoms with Crippen LogP contribution >= 0.6 is 0 Å². The van der Waals surface area contributed by atoms with E-state index in [1.807, 2.05) is 47.4 Å². The quantitative estimate of drug-likeness (QED) is 0.607. The van der Waals surface area contributed by atoms with Crippen molar-refractivity contribution in [3.63, 3.8) is 0 Å². The highest BCUT2D eigenvalue weighted by atomic mass is 16.5. The number of rotatable bonds is 5. The highest BCUT2D eigenvalue weighted by molar-refractivity contribution is 5.74. The van der Waals surface area contributed by atoms with Gasteiger partial charge in [0.2, 0.25) is 5.91 Å². The van der Waals surface area contributed by atoms with Crippen molar-refractivity contribution >= 4 is 23.1 Å². The molecule has 182 valence electrons. The van der Waals surface area contributed by atoms with Crippen LogP contribution in [0, 0.1) is 0 Å². The highest BCUT2D eigenvalue weighted by Crippen LogP contribution is 2.38. The van der Waals surface area contributed by atoms with Crippen LogP contribution in [0.4, 0.5) is 17.2 Å². The summed E-state index contributed by atoms with van der Waals surface area (Å²) >= 11 is 0. The van der Waals surface area contributed by atoms with Crippen molar-refractivity contribution in [2.45, 2.75) is 19.9 Å². The van der Waals surface area contributed by atoms with Crippen molar-refractivity contribution in [1.82, 2.24) is 14.5 Å². The zero-order valence-electron chi connectivity index (χ0n) is 20.2. The van der Waals surface area contributed by atoms with Crippen LogP contribution < -0.4 is 25.4 Å². The Morgan fingerprint density at radius 3 is 2.29 bits per heavy atom.